The lowest BCUT2D eigenvalue weighted by Gasteiger charge is -2.25. The average Bonchev–Trinajstić information content (AvgIpc) is 3.16. The first-order valence-electron chi connectivity index (χ1n) is 10.2. The summed E-state index contributed by atoms with van der Waals surface area (Å²) in [4.78, 5) is 17.7. The summed E-state index contributed by atoms with van der Waals surface area (Å²) in [7, 11) is 0. The highest BCUT2D eigenvalue weighted by Gasteiger charge is 2.26. The van der Waals surface area contributed by atoms with E-state index in [-0.39, 0.29) is 23.6 Å². The normalized spacial score (nSPS) is 13.5. The van der Waals surface area contributed by atoms with Gasteiger partial charge in [-0.2, -0.15) is 5.26 Å². The molecule has 9 heteroatoms. The van der Waals surface area contributed by atoms with Crippen LogP contribution in [0.15, 0.2) is 36.5 Å². The second kappa shape index (κ2) is 8.99. The summed E-state index contributed by atoms with van der Waals surface area (Å²) < 4.78 is 12.3. The summed E-state index contributed by atoms with van der Waals surface area (Å²) in [6, 6.07) is 10.7. The van der Waals surface area contributed by atoms with Crippen molar-refractivity contribution < 1.29 is 14.3 Å². The molecule has 1 aliphatic rings. The number of hydrogen-bond donors (Lipinski definition) is 1. The van der Waals surface area contributed by atoms with Gasteiger partial charge in [-0.1, -0.05) is 25.4 Å². The number of aromatic nitrogens is 3. The lowest BCUT2D eigenvalue weighted by molar-refractivity contribution is -0.0814. The lowest BCUT2D eigenvalue weighted by atomic mass is 9.95. The molecule has 1 fully saturated rings. The van der Waals surface area contributed by atoms with E-state index >= 15 is 0 Å². The monoisotopic (exact) mass is 451 g/mol. The van der Waals surface area contributed by atoms with E-state index < -0.39 is 5.91 Å². The molecular formula is C23H22ClN5O3. The van der Waals surface area contributed by atoms with Crippen molar-refractivity contribution >= 4 is 23.2 Å². The van der Waals surface area contributed by atoms with Crippen LogP contribution in [0.4, 0.5) is 5.69 Å². The van der Waals surface area contributed by atoms with E-state index in [0.717, 1.165) is 11.1 Å². The van der Waals surface area contributed by atoms with Crippen LogP contribution in [0.5, 0.6) is 5.88 Å². The van der Waals surface area contributed by atoms with Crippen molar-refractivity contribution in [3.8, 4) is 17.8 Å². The number of carbonyl (C=O) groups excluding carboxylic acids is 1. The number of carbonyl (C=O) groups is 1. The number of rotatable bonds is 6. The lowest BCUT2D eigenvalue weighted by Crippen LogP contribution is -2.38. The van der Waals surface area contributed by atoms with Crippen molar-refractivity contribution in [1.82, 2.24) is 14.8 Å². The molecule has 1 amide bonds. The molecule has 1 N–H and O–H groups in total. The van der Waals surface area contributed by atoms with Crippen LogP contribution in [0.2, 0.25) is 5.02 Å². The average molecular weight is 452 g/mol. The van der Waals surface area contributed by atoms with E-state index in [0.29, 0.717) is 35.3 Å². The molecule has 32 heavy (non-hydrogen) atoms. The molecule has 8 nitrogen and oxygen atoms in total. The maximum Gasteiger partial charge on any atom is 0.274 e. The Bertz CT molecular complexity index is 1210. The minimum Gasteiger partial charge on any atom is -0.468 e. The van der Waals surface area contributed by atoms with Gasteiger partial charge in [0, 0.05) is 18.0 Å². The van der Waals surface area contributed by atoms with Crippen molar-refractivity contribution in [3.63, 3.8) is 0 Å². The van der Waals surface area contributed by atoms with Gasteiger partial charge in [-0.05, 0) is 48.2 Å². The highest BCUT2D eigenvalue weighted by molar-refractivity contribution is 6.32. The molecule has 1 aromatic carbocycles. The third-order valence-corrected chi connectivity index (χ3v) is 5.40. The summed E-state index contributed by atoms with van der Waals surface area (Å²) >= 11 is 6.33. The van der Waals surface area contributed by atoms with Gasteiger partial charge in [0.15, 0.2) is 5.82 Å². The molecule has 164 valence electrons. The van der Waals surface area contributed by atoms with Crippen LogP contribution in [-0.4, -0.2) is 40.0 Å². The third kappa shape index (κ3) is 4.31. The van der Waals surface area contributed by atoms with E-state index in [4.69, 9.17) is 21.1 Å². The van der Waals surface area contributed by atoms with Crippen LogP contribution in [0.3, 0.4) is 0 Å². The first-order valence-corrected chi connectivity index (χ1v) is 10.6. The van der Waals surface area contributed by atoms with Crippen LogP contribution >= 0.6 is 11.6 Å². The number of nitrogens with zero attached hydrogens (tertiary/aromatic N) is 4. The number of amides is 1. The Kier molecular flexibility index (Phi) is 6.12. The number of pyridine rings is 1. The molecule has 0 radical (unpaired) electrons. The van der Waals surface area contributed by atoms with Crippen molar-refractivity contribution in [2.24, 2.45) is 0 Å². The molecule has 4 rings (SSSR count). The van der Waals surface area contributed by atoms with Gasteiger partial charge in [0.25, 0.3) is 5.91 Å². The summed E-state index contributed by atoms with van der Waals surface area (Å²) in [6.07, 6.45) is 1.47. The van der Waals surface area contributed by atoms with Gasteiger partial charge in [0.2, 0.25) is 5.88 Å². The van der Waals surface area contributed by atoms with Crippen LogP contribution in [-0.2, 0) is 4.74 Å². The molecule has 2 aromatic heterocycles. The Labute approximate surface area is 190 Å². The van der Waals surface area contributed by atoms with Crippen LogP contribution in [0.1, 0.15) is 46.9 Å². The molecule has 0 saturated carbocycles. The van der Waals surface area contributed by atoms with Crippen molar-refractivity contribution in [2.45, 2.75) is 32.8 Å². The molecule has 1 saturated heterocycles. The number of ether oxygens (including phenoxy) is 2. The van der Waals surface area contributed by atoms with Crippen LogP contribution < -0.4 is 10.1 Å². The van der Waals surface area contributed by atoms with E-state index in [1.54, 1.807) is 36.5 Å². The van der Waals surface area contributed by atoms with Gasteiger partial charge in [-0.25, -0.2) is 9.67 Å². The Morgan fingerprint density at radius 2 is 2.16 bits per heavy atom. The molecule has 0 unspecified atom stereocenters. The Morgan fingerprint density at radius 1 is 1.38 bits per heavy atom. The molecule has 1 aliphatic heterocycles. The number of anilines is 1. The molecule has 0 bridgehead atoms. The quantitative estimate of drug-likeness (QED) is 0.601. The van der Waals surface area contributed by atoms with Gasteiger partial charge in [0.1, 0.15) is 11.8 Å². The largest absolute Gasteiger partial charge is 0.468 e. The number of aryl methyl sites for hydroxylation is 1. The SMILES string of the molecule is Cc1cc(C#N)cc(C(C)C)c1NC(=O)c1cc(OC2COC2)nn1-c1ncccc1Cl. The highest BCUT2D eigenvalue weighted by Crippen LogP contribution is 2.30. The van der Waals surface area contributed by atoms with E-state index in [2.05, 4.69) is 21.5 Å². The number of halogens is 1. The van der Waals surface area contributed by atoms with Crippen LogP contribution in [0.25, 0.3) is 5.82 Å². The fourth-order valence-electron chi connectivity index (χ4n) is 3.41. The summed E-state index contributed by atoms with van der Waals surface area (Å²) in [5.41, 5.74) is 3.11. The van der Waals surface area contributed by atoms with Gasteiger partial charge in [-0.15, -0.1) is 5.10 Å². The van der Waals surface area contributed by atoms with Crippen molar-refractivity contribution in [2.75, 3.05) is 18.5 Å². The molecule has 3 heterocycles. The van der Waals surface area contributed by atoms with E-state index in [9.17, 15) is 10.1 Å². The predicted molar refractivity (Wildman–Crippen MR) is 120 cm³/mol. The predicted octanol–water partition coefficient (Wildman–Crippen LogP) is 4.25. The van der Waals surface area contributed by atoms with Crippen molar-refractivity contribution in [1.29, 1.82) is 5.26 Å². The molecular weight excluding hydrogens is 430 g/mol. The maximum absolute atomic E-state index is 13.4. The fourth-order valence-corrected chi connectivity index (χ4v) is 3.61. The number of benzene rings is 1. The highest BCUT2D eigenvalue weighted by atomic mass is 35.5. The smallest absolute Gasteiger partial charge is 0.274 e. The zero-order valence-electron chi connectivity index (χ0n) is 17.9. The van der Waals surface area contributed by atoms with E-state index in [1.807, 2.05) is 20.8 Å². The van der Waals surface area contributed by atoms with Crippen LogP contribution in [0, 0.1) is 18.3 Å². The van der Waals surface area contributed by atoms with Gasteiger partial charge in [-0.3, -0.25) is 4.79 Å². The van der Waals surface area contributed by atoms with Crippen molar-refractivity contribution in [3.05, 3.63) is 63.9 Å². The van der Waals surface area contributed by atoms with Gasteiger partial charge in [0.05, 0.1) is 29.9 Å². The second-order valence-electron chi connectivity index (χ2n) is 7.84. The Balaban J connectivity index is 1.74. The first-order chi connectivity index (χ1) is 15.4. The topological polar surface area (TPSA) is 102 Å². The first kappa shape index (κ1) is 21.8. The zero-order chi connectivity index (χ0) is 22.8. The molecule has 3 aromatic rings. The number of nitriles is 1. The zero-order valence-corrected chi connectivity index (χ0v) is 18.7. The summed E-state index contributed by atoms with van der Waals surface area (Å²) in [5, 5.41) is 17.1. The minimum absolute atomic E-state index is 0.102. The summed E-state index contributed by atoms with van der Waals surface area (Å²) in [5.74, 6) is 0.309. The third-order valence-electron chi connectivity index (χ3n) is 5.11. The number of hydrogen-bond acceptors (Lipinski definition) is 6. The van der Waals surface area contributed by atoms with E-state index in [1.165, 1.54) is 4.68 Å². The van der Waals surface area contributed by atoms with Gasteiger partial charge < -0.3 is 14.8 Å². The Morgan fingerprint density at radius 3 is 2.78 bits per heavy atom. The number of nitrogens with one attached hydrogen (secondary N) is 1. The minimum atomic E-state index is -0.395. The molecule has 0 atom stereocenters. The second-order valence-corrected chi connectivity index (χ2v) is 8.25. The molecule has 0 spiro atoms. The Hall–Kier alpha value is -3.41. The molecule has 0 aliphatic carbocycles. The maximum atomic E-state index is 13.4. The summed E-state index contributed by atoms with van der Waals surface area (Å²) in [6.45, 7) is 6.83. The standard InChI is InChI=1S/C23H22ClN5O3/c1-13(2)17-8-15(10-25)7-14(3)21(17)27-23(30)19-9-20(32-16-11-31-12-16)28-29(19)22-18(24)5-4-6-26-22/h4-9,13,16H,11-12H2,1-3H3,(H,27,30). The fraction of sp³-hybridized carbons (Fsp3) is 0.304. The van der Waals surface area contributed by atoms with Gasteiger partial charge >= 0.3 is 0 Å².